The molecule has 0 aliphatic carbocycles. The third-order valence-electron chi connectivity index (χ3n) is 4.87. The molecule has 28 heavy (non-hydrogen) atoms. The number of pyridine rings is 2. The van der Waals surface area contributed by atoms with Gasteiger partial charge in [0.15, 0.2) is 0 Å². The molecule has 0 aliphatic heterocycles. The highest BCUT2D eigenvalue weighted by atomic mass is 19.1. The normalized spacial score (nSPS) is 11.9. The fourth-order valence-electron chi connectivity index (χ4n) is 3.29. The second kappa shape index (κ2) is 6.42. The Labute approximate surface area is 160 Å². The topological polar surface area (TPSA) is 78.0 Å². The fraction of sp³-hybridized carbons (Fsp3) is 0.182. The first-order valence-corrected chi connectivity index (χ1v) is 8.95. The molecule has 0 unspecified atom stereocenters. The van der Waals surface area contributed by atoms with Gasteiger partial charge in [0.1, 0.15) is 11.6 Å². The van der Waals surface area contributed by atoms with Crippen molar-refractivity contribution < 1.29 is 9.50 Å². The average molecular weight is 377 g/mol. The summed E-state index contributed by atoms with van der Waals surface area (Å²) in [7, 11) is 0. The van der Waals surface area contributed by atoms with Gasteiger partial charge >= 0.3 is 0 Å². The van der Waals surface area contributed by atoms with Crippen LogP contribution < -0.4 is 10.9 Å². The SMILES string of the molecule is Cc1ccc(C(C)(C)O)cc1Nc1nc2ccc(F)cc2c2c(=O)[nH]ccc12. The largest absolute Gasteiger partial charge is 0.386 e. The Morgan fingerprint density at radius 3 is 2.64 bits per heavy atom. The average Bonchev–Trinajstić information content (AvgIpc) is 2.63. The number of aryl methyl sites for hydroxylation is 1. The highest BCUT2D eigenvalue weighted by molar-refractivity contribution is 6.10. The van der Waals surface area contributed by atoms with Crippen LogP contribution in [0.3, 0.4) is 0 Å². The first-order chi connectivity index (χ1) is 13.2. The van der Waals surface area contributed by atoms with E-state index in [1.54, 1.807) is 32.2 Å². The molecule has 142 valence electrons. The van der Waals surface area contributed by atoms with Gasteiger partial charge in [-0.1, -0.05) is 12.1 Å². The Bertz CT molecular complexity index is 1270. The molecule has 0 saturated carbocycles. The van der Waals surface area contributed by atoms with Gasteiger partial charge in [-0.25, -0.2) is 9.37 Å². The van der Waals surface area contributed by atoms with Crippen LogP contribution in [0.1, 0.15) is 25.0 Å². The van der Waals surface area contributed by atoms with E-state index in [9.17, 15) is 14.3 Å². The van der Waals surface area contributed by atoms with Crippen LogP contribution in [-0.4, -0.2) is 15.1 Å². The van der Waals surface area contributed by atoms with Gasteiger partial charge in [0.25, 0.3) is 5.56 Å². The van der Waals surface area contributed by atoms with E-state index in [2.05, 4.69) is 15.3 Å². The molecule has 0 saturated heterocycles. The van der Waals surface area contributed by atoms with Crippen molar-refractivity contribution in [2.24, 2.45) is 0 Å². The highest BCUT2D eigenvalue weighted by Crippen LogP contribution is 2.32. The molecule has 4 aromatic rings. The van der Waals surface area contributed by atoms with Crippen LogP contribution in [0.25, 0.3) is 21.7 Å². The molecule has 2 aromatic carbocycles. The quantitative estimate of drug-likeness (QED) is 0.460. The summed E-state index contributed by atoms with van der Waals surface area (Å²) in [6.45, 7) is 5.39. The molecule has 5 nitrogen and oxygen atoms in total. The molecule has 2 aromatic heterocycles. The predicted octanol–water partition coefficient (Wildman–Crippen LogP) is 4.49. The van der Waals surface area contributed by atoms with Crippen LogP contribution in [0.5, 0.6) is 0 Å². The van der Waals surface area contributed by atoms with Gasteiger partial charge in [-0.15, -0.1) is 0 Å². The minimum atomic E-state index is -0.988. The number of hydrogen-bond acceptors (Lipinski definition) is 4. The minimum Gasteiger partial charge on any atom is -0.386 e. The maximum absolute atomic E-state index is 13.8. The van der Waals surface area contributed by atoms with E-state index >= 15 is 0 Å². The van der Waals surface area contributed by atoms with E-state index < -0.39 is 11.4 Å². The van der Waals surface area contributed by atoms with Crippen molar-refractivity contribution in [3.8, 4) is 0 Å². The summed E-state index contributed by atoms with van der Waals surface area (Å²) in [5.74, 6) is 0.0736. The van der Waals surface area contributed by atoms with E-state index in [0.717, 1.165) is 16.8 Å². The van der Waals surface area contributed by atoms with Crippen LogP contribution in [0.4, 0.5) is 15.9 Å². The molecule has 4 rings (SSSR count). The van der Waals surface area contributed by atoms with E-state index in [-0.39, 0.29) is 5.56 Å². The zero-order chi connectivity index (χ0) is 20.1. The number of aromatic amines is 1. The number of nitrogens with one attached hydrogen (secondary N) is 2. The summed E-state index contributed by atoms with van der Waals surface area (Å²) in [5.41, 5.74) is 1.72. The van der Waals surface area contributed by atoms with Gasteiger partial charge < -0.3 is 15.4 Å². The molecular formula is C22H20FN3O2. The third-order valence-corrected chi connectivity index (χ3v) is 4.87. The number of anilines is 2. The van der Waals surface area contributed by atoms with Crippen molar-refractivity contribution >= 4 is 33.2 Å². The van der Waals surface area contributed by atoms with Crippen molar-refractivity contribution in [1.82, 2.24) is 9.97 Å². The lowest BCUT2D eigenvalue weighted by Gasteiger charge is -2.20. The second-order valence-corrected chi connectivity index (χ2v) is 7.43. The Kier molecular flexibility index (Phi) is 4.16. The van der Waals surface area contributed by atoms with Crippen molar-refractivity contribution in [2.75, 3.05) is 5.32 Å². The Morgan fingerprint density at radius 2 is 1.89 bits per heavy atom. The number of fused-ring (bicyclic) bond motifs is 3. The molecule has 6 heteroatoms. The van der Waals surface area contributed by atoms with Crippen molar-refractivity contribution in [3.63, 3.8) is 0 Å². The number of aromatic nitrogens is 2. The number of benzene rings is 2. The summed E-state index contributed by atoms with van der Waals surface area (Å²) in [6.07, 6.45) is 1.54. The summed E-state index contributed by atoms with van der Waals surface area (Å²) < 4.78 is 13.8. The first-order valence-electron chi connectivity index (χ1n) is 8.95. The van der Waals surface area contributed by atoms with E-state index in [1.807, 2.05) is 25.1 Å². The second-order valence-electron chi connectivity index (χ2n) is 7.43. The molecule has 0 spiro atoms. The molecule has 0 aliphatic rings. The van der Waals surface area contributed by atoms with Crippen LogP contribution >= 0.6 is 0 Å². The summed E-state index contributed by atoms with van der Waals surface area (Å²) in [4.78, 5) is 19.8. The van der Waals surface area contributed by atoms with Crippen LogP contribution in [-0.2, 0) is 5.60 Å². The summed E-state index contributed by atoms with van der Waals surface area (Å²) >= 11 is 0. The number of hydrogen-bond donors (Lipinski definition) is 3. The Balaban J connectivity index is 1.96. The van der Waals surface area contributed by atoms with E-state index in [1.165, 1.54) is 12.1 Å². The highest BCUT2D eigenvalue weighted by Gasteiger charge is 2.18. The van der Waals surface area contributed by atoms with Crippen molar-refractivity contribution in [3.05, 3.63) is 76.0 Å². The minimum absolute atomic E-state index is 0.305. The number of rotatable bonds is 3. The maximum atomic E-state index is 13.8. The molecular weight excluding hydrogens is 357 g/mol. The number of H-pyrrole nitrogens is 1. The molecule has 0 bridgehead atoms. The van der Waals surface area contributed by atoms with E-state index in [0.29, 0.717) is 27.5 Å². The Hall–Kier alpha value is -3.25. The van der Waals surface area contributed by atoms with Crippen LogP contribution in [0.15, 0.2) is 53.5 Å². The molecule has 2 heterocycles. The fourth-order valence-corrected chi connectivity index (χ4v) is 3.29. The number of halogens is 1. The van der Waals surface area contributed by atoms with Gasteiger partial charge in [-0.3, -0.25) is 4.79 Å². The van der Waals surface area contributed by atoms with Crippen LogP contribution in [0.2, 0.25) is 0 Å². The summed E-state index contributed by atoms with van der Waals surface area (Å²) in [5, 5.41) is 15.0. The smallest absolute Gasteiger partial charge is 0.256 e. The molecule has 0 radical (unpaired) electrons. The summed E-state index contributed by atoms with van der Waals surface area (Å²) in [6, 6.07) is 11.6. The van der Waals surface area contributed by atoms with Gasteiger partial charge in [0, 0.05) is 22.7 Å². The lowest BCUT2D eigenvalue weighted by atomic mass is 9.96. The number of aliphatic hydroxyl groups is 1. The monoisotopic (exact) mass is 377 g/mol. The number of nitrogens with zero attached hydrogens (tertiary/aromatic N) is 1. The molecule has 0 amide bonds. The van der Waals surface area contributed by atoms with Crippen molar-refractivity contribution in [1.29, 1.82) is 0 Å². The molecule has 0 fully saturated rings. The molecule has 0 atom stereocenters. The van der Waals surface area contributed by atoms with Gasteiger partial charge in [0.05, 0.1) is 16.5 Å². The maximum Gasteiger partial charge on any atom is 0.256 e. The third kappa shape index (κ3) is 3.12. The Morgan fingerprint density at radius 1 is 1.11 bits per heavy atom. The van der Waals surface area contributed by atoms with Crippen molar-refractivity contribution in [2.45, 2.75) is 26.4 Å². The predicted molar refractivity (Wildman–Crippen MR) is 110 cm³/mol. The van der Waals surface area contributed by atoms with Crippen LogP contribution in [0, 0.1) is 12.7 Å². The molecule has 3 N–H and O–H groups in total. The lowest BCUT2D eigenvalue weighted by Crippen LogP contribution is -2.15. The zero-order valence-electron chi connectivity index (χ0n) is 15.8. The zero-order valence-corrected chi connectivity index (χ0v) is 15.8. The van der Waals surface area contributed by atoms with Gasteiger partial charge in [-0.2, -0.15) is 0 Å². The lowest BCUT2D eigenvalue weighted by molar-refractivity contribution is 0.0786. The first kappa shape index (κ1) is 18.1. The van der Waals surface area contributed by atoms with E-state index in [4.69, 9.17) is 0 Å². The standard InChI is InChI=1S/C22H20FN3O2/c1-12-4-5-13(22(2,3)28)10-18(12)26-20-15-8-9-24-21(27)19(15)16-11-14(23)6-7-17(16)25-20/h4-11,28H,1-3H3,(H,24,27)(H,25,26). The van der Waals surface area contributed by atoms with Gasteiger partial charge in [0.2, 0.25) is 0 Å². The van der Waals surface area contributed by atoms with Gasteiger partial charge in [-0.05, 0) is 62.2 Å².